The summed E-state index contributed by atoms with van der Waals surface area (Å²) in [5.41, 5.74) is 2.34. The third-order valence-corrected chi connectivity index (χ3v) is 5.08. The smallest absolute Gasteiger partial charge is 0.119 e. The number of hydrogen-bond donors (Lipinski definition) is 0. The van der Waals surface area contributed by atoms with Gasteiger partial charge in [-0.15, -0.1) is 0 Å². The molecule has 3 heterocycles. The fraction of sp³-hybridized carbons (Fsp3) is 0.316. The van der Waals surface area contributed by atoms with Gasteiger partial charge in [0, 0.05) is 41.0 Å². The molecule has 130 valence electrons. The molecule has 1 saturated heterocycles. The molecule has 25 heavy (non-hydrogen) atoms. The van der Waals surface area contributed by atoms with Crippen LogP contribution in [-0.2, 0) is 11.3 Å². The number of fused-ring (bicyclic) bond motifs is 1. The van der Waals surface area contributed by atoms with E-state index < -0.39 is 0 Å². The van der Waals surface area contributed by atoms with Crippen molar-refractivity contribution in [3.8, 4) is 5.75 Å². The summed E-state index contributed by atoms with van der Waals surface area (Å²) in [4.78, 5) is 6.55. The second-order valence-electron chi connectivity index (χ2n) is 6.01. The zero-order valence-corrected chi connectivity index (χ0v) is 15.5. The summed E-state index contributed by atoms with van der Waals surface area (Å²) >= 11 is 3.60. The SMILES string of the molecule is Brc1cn(CCOc2ccc(N3CCOCC3)cc2)c2cnccc12. The van der Waals surface area contributed by atoms with Crippen LogP contribution < -0.4 is 9.64 Å². The Morgan fingerprint density at radius 1 is 1.12 bits per heavy atom. The van der Waals surface area contributed by atoms with Crippen LogP contribution >= 0.6 is 15.9 Å². The molecule has 4 rings (SSSR count). The van der Waals surface area contributed by atoms with Crippen molar-refractivity contribution < 1.29 is 9.47 Å². The average molecular weight is 402 g/mol. The van der Waals surface area contributed by atoms with Crippen LogP contribution in [0.4, 0.5) is 5.69 Å². The van der Waals surface area contributed by atoms with Gasteiger partial charge >= 0.3 is 0 Å². The van der Waals surface area contributed by atoms with E-state index in [1.807, 2.05) is 30.6 Å². The summed E-state index contributed by atoms with van der Waals surface area (Å²) in [6.45, 7) is 4.88. The summed E-state index contributed by atoms with van der Waals surface area (Å²) < 4.78 is 14.6. The molecule has 1 aromatic carbocycles. The fourth-order valence-corrected chi connectivity index (χ4v) is 3.70. The third-order valence-electron chi connectivity index (χ3n) is 4.45. The molecule has 0 aliphatic carbocycles. The van der Waals surface area contributed by atoms with Crippen LogP contribution in [0.3, 0.4) is 0 Å². The van der Waals surface area contributed by atoms with Gasteiger partial charge in [0.15, 0.2) is 0 Å². The second-order valence-corrected chi connectivity index (χ2v) is 6.86. The normalized spacial score (nSPS) is 14.8. The average Bonchev–Trinajstić information content (AvgIpc) is 2.99. The van der Waals surface area contributed by atoms with Crippen molar-refractivity contribution in [1.82, 2.24) is 9.55 Å². The van der Waals surface area contributed by atoms with E-state index in [2.05, 4.69) is 48.7 Å². The monoisotopic (exact) mass is 401 g/mol. The van der Waals surface area contributed by atoms with Gasteiger partial charge in [-0.2, -0.15) is 0 Å². The topological polar surface area (TPSA) is 39.5 Å². The van der Waals surface area contributed by atoms with Crippen molar-refractivity contribution in [1.29, 1.82) is 0 Å². The molecule has 0 atom stereocenters. The molecule has 0 bridgehead atoms. The number of aromatic nitrogens is 2. The van der Waals surface area contributed by atoms with Gasteiger partial charge in [-0.05, 0) is 46.3 Å². The minimum absolute atomic E-state index is 0.613. The number of nitrogens with zero attached hydrogens (tertiary/aromatic N) is 3. The molecular formula is C19H20BrN3O2. The maximum atomic E-state index is 5.91. The number of hydrogen-bond acceptors (Lipinski definition) is 4. The standard InChI is InChI=1S/C19H20BrN3O2/c20-18-14-23(19-13-21-6-5-17(18)19)9-12-25-16-3-1-15(2-4-16)22-7-10-24-11-8-22/h1-6,13-14H,7-12H2. The molecule has 0 radical (unpaired) electrons. The van der Waals surface area contributed by atoms with Gasteiger partial charge in [0.2, 0.25) is 0 Å². The highest BCUT2D eigenvalue weighted by atomic mass is 79.9. The molecule has 5 nitrogen and oxygen atoms in total. The molecule has 3 aromatic rings. The molecule has 0 unspecified atom stereocenters. The van der Waals surface area contributed by atoms with E-state index >= 15 is 0 Å². The number of pyridine rings is 1. The molecule has 2 aromatic heterocycles. The Balaban J connectivity index is 1.36. The van der Waals surface area contributed by atoms with Crippen molar-refractivity contribution in [2.24, 2.45) is 0 Å². The van der Waals surface area contributed by atoms with Crippen LogP contribution in [0.1, 0.15) is 0 Å². The lowest BCUT2D eigenvalue weighted by Crippen LogP contribution is -2.36. The minimum Gasteiger partial charge on any atom is -0.492 e. The van der Waals surface area contributed by atoms with E-state index in [4.69, 9.17) is 9.47 Å². The van der Waals surface area contributed by atoms with Crippen molar-refractivity contribution in [3.63, 3.8) is 0 Å². The van der Waals surface area contributed by atoms with Gasteiger partial charge in [-0.3, -0.25) is 4.98 Å². The zero-order valence-electron chi connectivity index (χ0n) is 13.9. The van der Waals surface area contributed by atoms with Crippen LogP contribution in [0.2, 0.25) is 0 Å². The molecule has 0 N–H and O–H groups in total. The predicted molar refractivity (Wildman–Crippen MR) is 102 cm³/mol. The van der Waals surface area contributed by atoms with E-state index in [9.17, 15) is 0 Å². The highest BCUT2D eigenvalue weighted by molar-refractivity contribution is 9.10. The van der Waals surface area contributed by atoms with Gasteiger partial charge in [0.05, 0.1) is 31.5 Å². The van der Waals surface area contributed by atoms with E-state index in [0.717, 1.165) is 48.6 Å². The first-order valence-corrected chi connectivity index (χ1v) is 9.24. The first kappa shape index (κ1) is 16.4. The number of ether oxygens (including phenoxy) is 2. The molecule has 0 amide bonds. The van der Waals surface area contributed by atoms with Crippen molar-refractivity contribution >= 4 is 32.5 Å². The first-order chi connectivity index (χ1) is 12.3. The van der Waals surface area contributed by atoms with Gasteiger partial charge in [-0.1, -0.05) is 0 Å². The van der Waals surface area contributed by atoms with Gasteiger partial charge in [0.1, 0.15) is 12.4 Å². The molecule has 1 aliphatic heterocycles. The largest absolute Gasteiger partial charge is 0.492 e. The number of halogens is 1. The maximum absolute atomic E-state index is 5.91. The lowest BCUT2D eigenvalue weighted by atomic mass is 10.2. The van der Waals surface area contributed by atoms with E-state index in [-0.39, 0.29) is 0 Å². The maximum Gasteiger partial charge on any atom is 0.119 e. The Hall–Kier alpha value is -2.05. The van der Waals surface area contributed by atoms with E-state index in [1.54, 1.807) is 0 Å². The van der Waals surface area contributed by atoms with Gasteiger partial charge in [0.25, 0.3) is 0 Å². The highest BCUT2D eigenvalue weighted by Crippen LogP contribution is 2.25. The quantitative estimate of drug-likeness (QED) is 0.653. The highest BCUT2D eigenvalue weighted by Gasteiger charge is 2.11. The summed E-state index contributed by atoms with van der Waals surface area (Å²) in [5, 5.41) is 1.17. The van der Waals surface area contributed by atoms with Crippen LogP contribution in [0.25, 0.3) is 10.9 Å². The van der Waals surface area contributed by atoms with Gasteiger partial charge in [-0.25, -0.2) is 0 Å². The van der Waals surface area contributed by atoms with Crippen molar-refractivity contribution in [3.05, 3.63) is 53.4 Å². The number of rotatable bonds is 5. The fourth-order valence-electron chi connectivity index (χ4n) is 3.11. The number of morpholine rings is 1. The van der Waals surface area contributed by atoms with Crippen LogP contribution in [0, 0.1) is 0 Å². The lowest BCUT2D eigenvalue weighted by molar-refractivity contribution is 0.122. The Labute approximate surface area is 155 Å². The summed E-state index contributed by atoms with van der Waals surface area (Å²) in [6, 6.07) is 10.3. The van der Waals surface area contributed by atoms with E-state index in [0.29, 0.717) is 6.61 Å². The first-order valence-electron chi connectivity index (χ1n) is 8.45. The third kappa shape index (κ3) is 3.65. The summed E-state index contributed by atoms with van der Waals surface area (Å²) in [5.74, 6) is 0.894. The Morgan fingerprint density at radius 3 is 2.72 bits per heavy atom. The van der Waals surface area contributed by atoms with Crippen LogP contribution in [0.15, 0.2) is 53.4 Å². The Bertz CT molecular complexity index is 842. The van der Waals surface area contributed by atoms with Gasteiger partial charge < -0.3 is 18.9 Å². The van der Waals surface area contributed by atoms with Crippen molar-refractivity contribution in [2.75, 3.05) is 37.8 Å². The minimum atomic E-state index is 0.613. The van der Waals surface area contributed by atoms with Crippen LogP contribution in [-0.4, -0.2) is 42.5 Å². The zero-order chi connectivity index (χ0) is 17.1. The molecule has 6 heteroatoms. The summed E-state index contributed by atoms with van der Waals surface area (Å²) in [7, 11) is 0. The molecule has 1 aliphatic rings. The molecule has 1 fully saturated rings. The number of anilines is 1. The molecular weight excluding hydrogens is 382 g/mol. The van der Waals surface area contributed by atoms with Crippen LogP contribution in [0.5, 0.6) is 5.75 Å². The predicted octanol–water partition coefficient (Wildman–Crippen LogP) is 3.71. The summed E-state index contributed by atoms with van der Waals surface area (Å²) in [6.07, 6.45) is 5.78. The number of benzene rings is 1. The second kappa shape index (κ2) is 7.45. The molecule has 0 spiro atoms. The lowest BCUT2D eigenvalue weighted by Gasteiger charge is -2.28. The van der Waals surface area contributed by atoms with E-state index in [1.165, 1.54) is 11.1 Å². The molecule has 0 saturated carbocycles. The Kier molecular flexibility index (Phi) is 4.90. The van der Waals surface area contributed by atoms with Crippen molar-refractivity contribution in [2.45, 2.75) is 6.54 Å². The Morgan fingerprint density at radius 2 is 1.92 bits per heavy atom.